The lowest BCUT2D eigenvalue weighted by Gasteiger charge is -2.06. The van der Waals surface area contributed by atoms with Crippen molar-refractivity contribution in [2.45, 2.75) is 9.79 Å². The third kappa shape index (κ3) is 2.40. The molecule has 3 rings (SSSR count). The number of halogens is 1. The highest BCUT2D eigenvalue weighted by Crippen LogP contribution is 2.37. The Labute approximate surface area is 123 Å². The Kier molecular flexibility index (Phi) is 3.42. The largest absolute Gasteiger partial charge is 0.506 e. The molecular weight excluding hydrogens is 296 g/mol. The number of hydrogen-bond acceptors (Lipinski definition) is 4. The van der Waals surface area contributed by atoms with Crippen LogP contribution in [0.5, 0.6) is 5.75 Å². The van der Waals surface area contributed by atoms with Gasteiger partial charge in [-0.2, -0.15) is 0 Å². The van der Waals surface area contributed by atoms with E-state index >= 15 is 0 Å². The van der Waals surface area contributed by atoms with Crippen molar-refractivity contribution in [2.75, 3.05) is 0 Å². The normalized spacial score (nSPS) is 10.8. The Morgan fingerprint density at radius 3 is 2.60 bits per heavy atom. The van der Waals surface area contributed by atoms with Crippen LogP contribution < -0.4 is 5.63 Å². The van der Waals surface area contributed by atoms with Crippen molar-refractivity contribution < 1.29 is 9.52 Å². The second-order valence-corrected chi connectivity index (χ2v) is 5.64. The molecule has 5 heteroatoms. The van der Waals surface area contributed by atoms with E-state index in [1.165, 1.54) is 0 Å². The van der Waals surface area contributed by atoms with Gasteiger partial charge < -0.3 is 9.52 Å². The third-order valence-electron chi connectivity index (χ3n) is 2.76. The van der Waals surface area contributed by atoms with Gasteiger partial charge in [-0.3, -0.25) is 0 Å². The molecule has 1 heterocycles. The van der Waals surface area contributed by atoms with Gasteiger partial charge in [0.1, 0.15) is 16.2 Å². The topological polar surface area (TPSA) is 50.4 Å². The predicted octanol–water partition coefficient (Wildman–Crippen LogP) is 4.30. The molecule has 1 aromatic heterocycles. The molecule has 0 aliphatic heterocycles. The standard InChI is InChI=1S/C15H9ClO3S/c16-9-6-7-12-11(8-9)13(17)14(15(18)19-12)20-10-4-2-1-3-5-10/h1-8,17H. The summed E-state index contributed by atoms with van der Waals surface area (Å²) in [4.78, 5) is 13.0. The van der Waals surface area contributed by atoms with Crippen LogP contribution in [0.3, 0.4) is 0 Å². The summed E-state index contributed by atoms with van der Waals surface area (Å²) in [5.41, 5.74) is -0.250. The molecule has 3 aromatic rings. The van der Waals surface area contributed by atoms with E-state index in [1.54, 1.807) is 18.2 Å². The molecule has 20 heavy (non-hydrogen) atoms. The van der Waals surface area contributed by atoms with Crippen molar-refractivity contribution in [3.8, 4) is 5.75 Å². The molecule has 0 saturated carbocycles. The number of benzene rings is 2. The fourth-order valence-electron chi connectivity index (χ4n) is 1.84. The molecule has 100 valence electrons. The molecule has 2 aromatic carbocycles. The van der Waals surface area contributed by atoms with Gasteiger partial charge in [0.05, 0.1) is 5.39 Å². The van der Waals surface area contributed by atoms with Crippen LogP contribution in [-0.4, -0.2) is 5.11 Å². The van der Waals surface area contributed by atoms with Gasteiger partial charge in [0.15, 0.2) is 0 Å². The van der Waals surface area contributed by atoms with Crippen molar-refractivity contribution in [1.82, 2.24) is 0 Å². The van der Waals surface area contributed by atoms with Crippen molar-refractivity contribution >= 4 is 34.3 Å². The van der Waals surface area contributed by atoms with E-state index in [2.05, 4.69) is 0 Å². The first-order valence-corrected chi connectivity index (χ1v) is 7.03. The van der Waals surface area contributed by atoms with Gasteiger partial charge in [-0.25, -0.2) is 4.79 Å². The molecular formula is C15H9ClO3S. The lowest BCUT2D eigenvalue weighted by atomic mass is 10.2. The minimum absolute atomic E-state index is 0.104. The summed E-state index contributed by atoms with van der Waals surface area (Å²) < 4.78 is 5.21. The van der Waals surface area contributed by atoms with Crippen LogP contribution in [0, 0.1) is 0 Å². The second-order valence-electron chi connectivity index (χ2n) is 4.12. The Morgan fingerprint density at radius 2 is 1.85 bits per heavy atom. The summed E-state index contributed by atoms with van der Waals surface area (Å²) >= 11 is 7.07. The van der Waals surface area contributed by atoms with E-state index in [9.17, 15) is 9.90 Å². The average molecular weight is 305 g/mol. The van der Waals surface area contributed by atoms with E-state index in [0.717, 1.165) is 16.7 Å². The molecule has 0 fully saturated rings. The molecule has 0 spiro atoms. The summed E-state index contributed by atoms with van der Waals surface area (Å²) in [7, 11) is 0. The van der Waals surface area contributed by atoms with Crippen molar-refractivity contribution in [3.63, 3.8) is 0 Å². The first-order chi connectivity index (χ1) is 9.65. The quantitative estimate of drug-likeness (QED) is 0.717. The molecule has 3 nitrogen and oxygen atoms in total. The van der Waals surface area contributed by atoms with Crippen LogP contribution in [-0.2, 0) is 0 Å². The van der Waals surface area contributed by atoms with Gasteiger partial charge in [0.25, 0.3) is 0 Å². The fourth-order valence-corrected chi connectivity index (χ4v) is 2.87. The zero-order valence-corrected chi connectivity index (χ0v) is 11.7. The smallest absolute Gasteiger partial charge is 0.354 e. The zero-order chi connectivity index (χ0) is 14.1. The van der Waals surface area contributed by atoms with Crippen LogP contribution in [0.2, 0.25) is 5.02 Å². The van der Waals surface area contributed by atoms with Gasteiger partial charge in [-0.05, 0) is 30.3 Å². The summed E-state index contributed by atoms with van der Waals surface area (Å²) in [6, 6.07) is 14.1. The van der Waals surface area contributed by atoms with Gasteiger partial charge in [-0.1, -0.05) is 41.6 Å². The predicted molar refractivity (Wildman–Crippen MR) is 79.7 cm³/mol. The highest BCUT2D eigenvalue weighted by molar-refractivity contribution is 7.99. The highest BCUT2D eigenvalue weighted by atomic mass is 35.5. The lowest BCUT2D eigenvalue weighted by Crippen LogP contribution is -2.02. The molecule has 0 radical (unpaired) electrons. The van der Waals surface area contributed by atoms with Crippen LogP contribution >= 0.6 is 23.4 Å². The van der Waals surface area contributed by atoms with E-state index in [4.69, 9.17) is 16.0 Å². The minimum Gasteiger partial charge on any atom is -0.506 e. The summed E-state index contributed by atoms with van der Waals surface area (Å²) in [6.07, 6.45) is 0. The Bertz CT molecular complexity index is 828. The zero-order valence-electron chi connectivity index (χ0n) is 10.2. The molecule has 0 aliphatic rings. The number of aromatic hydroxyl groups is 1. The van der Waals surface area contributed by atoms with Crippen LogP contribution in [0.25, 0.3) is 11.0 Å². The van der Waals surface area contributed by atoms with E-state index in [-0.39, 0.29) is 10.6 Å². The molecule has 0 atom stereocenters. The Morgan fingerprint density at radius 1 is 1.10 bits per heavy atom. The summed E-state index contributed by atoms with van der Waals surface area (Å²) in [6.45, 7) is 0. The molecule has 1 N–H and O–H groups in total. The van der Waals surface area contributed by atoms with E-state index < -0.39 is 5.63 Å². The van der Waals surface area contributed by atoms with Crippen molar-refractivity contribution in [2.24, 2.45) is 0 Å². The maximum absolute atomic E-state index is 12.0. The fraction of sp³-hybridized carbons (Fsp3) is 0. The summed E-state index contributed by atoms with van der Waals surface area (Å²) in [5.74, 6) is -0.104. The molecule has 0 bridgehead atoms. The maximum atomic E-state index is 12.0. The van der Waals surface area contributed by atoms with E-state index in [0.29, 0.717) is 16.0 Å². The number of hydrogen-bond donors (Lipinski definition) is 1. The second kappa shape index (κ2) is 5.23. The van der Waals surface area contributed by atoms with Crippen molar-refractivity contribution in [1.29, 1.82) is 0 Å². The van der Waals surface area contributed by atoms with Crippen LogP contribution in [0.15, 0.2) is 67.5 Å². The molecule has 0 saturated heterocycles. The van der Waals surface area contributed by atoms with Gasteiger partial charge in [-0.15, -0.1) is 0 Å². The lowest BCUT2D eigenvalue weighted by molar-refractivity contribution is 0.447. The van der Waals surface area contributed by atoms with Crippen LogP contribution in [0.4, 0.5) is 0 Å². The number of rotatable bonds is 2. The van der Waals surface area contributed by atoms with Crippen molar-refractivity contribution in [3.05, 3.63) is 64.0 Å². The summed E-state index contributed by atoms with van der Waals surface area (Å²) in [5, 5.41) is 11.2. The third-order valence-corrected chi connectivity index (χ3v) is 4.07. The van der Waals surface area contributed by atoms with Gasteiger partial charge >= 0.3 is 5.63 Å². The monoisotopic (exact) mass is 304 g/mol. The van der Waals surface area contributed by atoms with Gasteiger partial charge in [0, 0.05) is 9.92 Å². The first-order valence-electron chi connectivity index (χ1n) is 5.83. The molecule has 0 aliphatic carbocycles. The Hall–Kier alpha value is -1.91. The number of fused-ring (bicyclic) bond motifs is 1. The SMILES string of the molecule is O=c1oc2ccc(Cl)cc2c(O)c1Sc1ccccc1. The molecule has 0 unspecified atom stereocenters. The van der Waals surface area contributed by atoms with Crippen LogP contribution in [0.1, 0.15) is 0 Å². The average Bonchev–Trinajstić information content (AvgIpc) is 2.46. The first kappa shape index (κ1) is 13.1. The highest BCUT2D eigenvalue weighted by Gasteiger charge is 2.15. The maximum Gasteiger partial charge on any atom is 0.354 e. The minimum atomic E-state index is -0.564. The van der Waals surface area contributed by atoms with Gasteiger partial charge in [0.2, 0.25) is 0 Å². The van der Waals surface area contributed by atoms with E-state index in [1.807, 2.05) is 30.3 Å². The molecule has 0 amide bonds. The Balaban J connectivity index is 2.18.